The monoisotopic (exact) mass is 216 g/mol. The van der Waals surface area contributed by atoms with Gasteiger partial charge in [-0.15, -0.1) is 0 Å². The highest BCUT2D eigenvalue weighted by atomic mass is 19.1. The van der Waals surface area contributed by atoms with Crippen molar-refractivity contribution < 1.29 is 14.2 Å². The number of aromatic nitrogens is 2. The fourth-order valence-corrected chi connectivity index (χ4v) is 1.46. The van der Waals surface area contributed by atoms with Gasteiger partial charge in [0.15, 0.2) is 0 Å². The zero-order valence-corrected chi connectivity index (χ0v) is 7.64. The zero-order valence-electron chi connectivity index (χ0n) is 7.64. The van der Waals surface area contributed by atoms with Gasteiger partial charge in [0, 0.05) is 6.42 Å². The molecule has 2 N–H and O–H groups in total. The minimum atomic E-state index is -1.06. The number of aliphatic hydroxyl groups excluding tert-OH is 1. The van der Waals surface area contributed by atoms with Crippen molar-refractivity contribution in [3.8, 4) is 0 Å². The summed E-state index contributed by atoms with van der Waals surface area (Å²) in [7, 11) is 0. The summed E-state index contributed by atoms with van der Waals surface area (Å²) in [5.41, 5.74) is -1.81. The van der Waals surface area contributed by atoms with Crippen LogP contribution in [0.5, 0.6) is 0 Å². The molecule has 7 heteroatoms. The van der Waals surface area contributed by atoms with Crippen LogP contribution in [-0.4, -0.2) is 27.4 Å². The van der Waals surface area contributed by atoms with Crippen molar-refractivity contribution in [1.82, 2.24) is 9.55 Å². The van der Waals surface area contributed by atoms with Gasteiger partial charge < -0.3 is 9.84 Å². The van der Waals surface area contributed by atoms with Crippen LogP contribution in [0.1, 0.15) is 12.6 Å². The molecule has 1 fully saturated rings. The van der Waals surface area contributed by atoms with Crippen LogP contribution in [0.2, 0.25) is 0 Å². The first kappa shape index (κ1) is 10.1. The Bertz CT molecular complexity index is 480. The predicted molar refractivity (Wildman–Crippen MR) is 46.9 cm³/mol. The molecule has 0 aromatic carbocycles. The largest absolute Gasteiger partial charge is 0.391 e. The quantitative estimate of drug-likeness (QED) is 0.627. The molecule has 0 amide bonds. The van der Waals surface area contributed by atoms with E-state index in [9.17, 15) is 14.0 Å². The highest BCUT2D eigenvalue weighted by molar-refractivity contribution is 4.89. The van der Waals surface area contributed by atoms with E-state index >= 15 is 0 Å². The van der Waals surface area contributed by atoms with Crippen molar-refractivity contribution in [2.45, 2.75) is 18.8 Å². The number of hydrogen-bond acceptors (Lipinski definition) is 4. The van der Waals surface area contributed by atoms with Gasteiger partial charge >= 0.3 is 5.69 Å². The van der Waals surface area contributed by atoms with Gasteiger partial charge in [0.05, 0.1) is 18.9 Å². The number of rotatable bonds is 1. The van der Waals surface area contributed by atoms with Crippen LogP contribution in [0.25, 0.3) is 0 Å². The van der Waals surface area contributed by atoms with Crippen molar-refractivity contribution >= 4 is 0 Å². The van der Waals surface area contributed by atoms with Gasteiger partial charge in [-0.3, -0.25) is 14.3 Å². The Kier molecular flexibility index (Phi) is 2.41. The molecule has 0 aliphatic carbocycles. The molecule has 0 unspecified atom stereocenters. The molecule has 1 aromatic heterocycles. The summed E-state index contributed by atoms with van der Waals surface area (Å²) in [5.74, 6) is -1.06. The second kappa shape index (κ2) is 3.59. The van der Waals surface area contributed by atoms with Gasteiger partial charge in [-0.1, -0.05) is 0 Å². The molecular formula is C8H9FN2O4. The van der Waals surface area contributed by atoms with Gasteiger partial charge in [-0.05, 0) is 0 Å². The molecule has 1 aliphatic heterocycles. The van der Waals surface area contributed by atoms with E-state index in [0.29, 0.717) is 0 Å². The van der Waals surface area contributed by atoms with E-state index in [1.807, 2.05) is 4.98 Å². The van der Waals surface area contributed by atoms with E-state index in [1.165, 1.54) is 0 Å². The van der Waals surface area contributed by atoms with E-state index < -0.39 is 29.4 Å². The smallest absolute Gasteiger partial charge is 0.330 e. The van der Waals surface area contributed by atoms with Gasteiger partial charge in [-0.2, -0.15) is 4.39 Å². The molecule has 1 saturated heterocycles. The molecular weight excluding hydrogens is 207 g/mol. The topological polar surface area (TPSA) is 84.3 Å². The van der Waals surface area contributed by atoms with Crippen LogP contribution in [0.15, 0.2) is 15.8 Å². The van der Waals surface area contributed by atoms with Crippen molar-refractivity contribution in [2.75, 3.05) is 6.61 Å². The number of ether oxygens (including phenoxy) is 1. The number of aliphatic hydroxyl groups is 1. The fraction of sp³-hybridized carbons (Fsp3) is 0.500. The summed E-state index contributed by atoms with van der Waals surface area (Å²) >= 11 is 0. The third-order valence-electron chi connectivity index (χ3n) is 2.19. The Labute approximate surface area is 82.9 Å². The standard InChI is InChI=1S/C8H9FN2O4/c9-5-2-11(8(14)10-7(5)13)6-1-4(12)3-15-6/h2,4,6,12H,1,3H2,(H,10,13,14)/t4-,6+/m0/s1. The maximum Gasteiger partial charge on any atom is 0.330 e. The summed E-state index contributed by atoms with van der Waals surface area (Å²) < 4.78 is 18.9. The second-order valence-electron chi connectivity index (χ2n) is 3.32. The molecule has 2 rings (SSSR count). The van der Waals surface area contributed by atoms with Crippen molar-refractivity contribution in [2.24, 2.45) is 0 Å². The number of H-pyrrole nitrogens is 1. The first-order valence-corrected chi connectivity index (χ1v) is 4.38. The number of hydrogen-bond donors (Lipinski definition) is 2. The lowest BCUT2D eigenvalue weighted by Gasteiger charge is -2.11. The van der Waals surface area contributed by atoms with Crippen molar-refractivity contribution in [3.63, 3.8) is 0 Å². The summed E-state index contributed by atoms with van der Waals surface area (Å²) in [5, 5.41) is 9.17. The lowest BCUT2D eigenvalue weighted by Crippen LogP contribution is -2.33. The molecule has 6 nitrogen and oxygen atoms in total. The maximum absolute atomic E-state index is 12.9. The van der Waals surface area contributed by atoms with E-state index in [0.717, 1.165) is 10.8 Å². The Morgan fingerprint density at radius 1 is 1.60 bits per heavy atom. The third kappa shape index (κ3) is 1.83. The first-order valence-electron chi connectivity index (χ1n) is 4.38. The molecule has 82 valence electrons. The molecule has 2 heterocycles. The van der Waals surface area contributed by atoms with Gasteiger partial charge in [-0.25, -0.2) is 4.79 Å². The minimum Gasteiger partial charge on any atom is -0.391 e. The van der Waals surface area contributed by atoms with Crippen molar-refractivity contribution in [3.05, 3.63) is 32.9 Å². The Balaban J connectivity index is 2.41. The number of halogens is 1. The van der Waals surface area contributed by atoms with Crippen molar-refractivity contribution in [1.29, 1.82) is 0 Å². The third-order valence-corrected chi connectivity index (χ3v) is 2.19. The Morgan fingerprint density at radius 3 is 2.93 bits per heavy atom. The molecule has 0 bridgehead atoms. The molecule has 0 saturated carbocycles. The number of nitrogens with zero attached hydrogens (tertiary/aromatic N) is 1. The number of aromatic amines is 1. The van der Waals surface area contributed by atoms with Crippen LogP contribution in [-0.2, 0) is 4.74 Å². The van der Waals surface area contributed by atoms with E-state index in [4.69, 9.17) is 9.84 Å². The van der Waals surface area contributed by atoms with E-state index in [-0.39, 0.29) is 13.0 Å². The summed E-state index contributed by atoms with van der Waals surface area (Å²) in [6, 6.07) is 0. The van der Waals surface area contributed by atoms with E-state index in [2.05, 4.69) is 0 Å². The molecule has 1 aromatic rings. The average molecular weight is 216 g/mol. The Hall–Kier alpha value is -1.47. The fourth-order valence-electron chi connectivity index (χ4n) is 1.46. The lowest BCUT2D eigenvalue weighted by molar-refractivity contribution is 0.0439. The molecule has 2 atom stereocenters. The molecule has 1 aliphatic rings. The summed E-state index contributed by atoms with van der Waals surface area (Å²) in [4.78, 5) is 23.8. The normalized spacial score (nSPS) is 25.7. The summed E-state index contributed by atoms with van der Waals surface area (Å²) in [6.07, 6.45) is -0.411. The average Bonchev–Trinajstić information content (AvgIpc) is 2.58. The van der Waals surface area contributed by atoms with Crippen LogP contribution in [0, 0.1) is 5.82 Å². The van der Waals surface area contributed by atoms with Crippen LogP contribution in [0.3, 0.4) is 0 Å². The SMILES string of the molecule is O=c1[nH]c(=O)n([C@H]2C[C@H](O)CO2)cc1F. The molecule has 0 spiro atoms. The number of nitrogens with one attached hydrogen (secondary N) is 1. The highest BCUT2D eigenvalue weighted by Gasteiger charge is 2.26. The van der Waals surface area contributed by atoms with Crippen LogP contribution < -0.4 is 11.2 Å². The van der Waals surface area contributed by atoms with E-state index in [1.54, 1.807) is 0 Å². The predicted octanol–water partition coefficient (Wildman–Crippen LogP) is -1.04. The van der Waals surface area contributed by atoms with Crippen LogP contribution >= 0.6 is 0 Å². The second-order valence-corrected chi connectivity index (χ2v) is 3.32. The zero-order chi connectivity index (χ0) is 11.0. The summed E-state index contributed by atoms with van der Waals surface area (Å²) in [6.45, 7) is 0.0951. The van der Waals surface area contributed by atoms with Gasteiger partial charge in [0.1, 0.15) is 6.23 Å². The minimum absolute atomic E-state index is 0.0951. The molecule has 15 heavy (non-hydrogen) atoms. The first-order chi connectivity index (χ1) is 7.08. The van der Waals surface area contributed by atoms with Gasteiger partial charge in [0.2, 0.25) is 5.82 Å². The highest BCUT2D eigenvalue weighted by Crippen LogP contribution is 2.21. The Morgan fingerprint density at radius 2 is 2.33 bits per heavy atom. The maximum atomic E-state index is 12.9. The molecule has 0 radical (unpaired) electrons. The van der Waals surface area contributed by atoms with Gasteiger partial charge in [0.25, 0.3) is 5.56 Å². The van der Waals surface area contributed by atoms with Crippen LogP contribution in [0.4, 0.5) is 4.39 Å². The lowest BCUT2D eigenvalue weighted by atomic mass is 10.3.